The van der Waals surface area contributed by atoms with Crippen LogP contribution in [0.3, 0.4) is 0 Å². The maximum Gasteiger partial charge on any atom is 0.0204 e. The lowest BCUT2D eigenvalue weighted by atomic mass is 10.2. The van der Waals surface area contributed by atoms with Crippen LogP contribution >= 0.6 is 11.8 Å². The minimum Gasteiger partial charge on any atom is -0.316 e. The topological polar surface area (TPSA) is 15.3 Å². The molecule has 15 heavy (non-hydrogen) atoms. The van der Waals surface area contributed by atoms with E-state index in [1.54, 1.807) is 0 Å². The molecule has 0 aromatic rings. The minimum atomic E-state index is 0.751. The molecule has 0 aromatic heterocycles. The number of hydrogen-bond donors (Lipinski definition) is 1. The number of unbranched alkanes of at least 4 members (excludes halogenated alkanes) is 3. The van der Waals surface area contributed by atoms with Crippen LogP contribution in [0.5, 0.6) is 0 Å². The van der Waals surface area contributed by atoms with E-state index in [0.29, 0.717) is 0 Å². The van der Waals surface area contributed by atoms with Gasteiger partial charge in [0.1, 0.15) is 0 Å². The first-order valence-electron chi connectivity index (χ1n) is 6.25. The van der Waals surface area contributed by atoms with E-state index in [4.69, 9.17) is 0 Å². The lowest BCUT2D eigenvalue weighted by Crippen LogP contribution is -2.30. The lowest BCUT2D eigenvalue weighted by Gasteiger charge is -2.15. The molecule has 1 saturated heterocycles. The van der Waals surface area contributed by atoms with Crippen molar-refractivity contribution in [1.82, 2.24) is 10.2 Å². The van der Waals surface area contributed by atoms with Gasteiger partial charge in [-0.25, -0.2) is 0 Å². The molecule has 1 aliphatic rings. The average Bonchev–Trinajstić information content (AvgIpc) is 2.71. The summed E-state index contributed by atoms with van der Waals surface area (Å²) >= 11 is 1.97. The quantitative estimate of drug-likeness (QED) is 0.644. The Morgan fingerprint density at radius 1 is 1.27 bits per heavy atom. The van der Waals surface area contributed by atoms with Gasteiger partial charge in [0.25, 0.3) is 0 Å². The van der Waals surface area contributed by atoms with Crippen LogP contribution in [0.1, 0.15) is 32.1 Å². The van der Waals surface area contributed by atoms with E-state index in [0.717, 1.165) is 6.04 Å². The summed E-state index contributed by atoms with van der Waals surface area (Å²) in [6.45, 7) is 3.88. The molecule has 3 heteroatoms. The largest absolute Gasteiger partial charge is 0.316 e. The van der Waals surface area contributed by atoms with Crippen LogP contribution in [0.4, 0.5) is 0 Å². The molecule has 1 aliphatic heterocycles. The second kappa shape index (κ2) is 8.43. The van der Waals surface area contributed by atoms with Crippen LogP contribution < -0.4 is 5.32 Å². The average molecular weight is 230 g/mol. The summed E-state index contributed by atoms with van der Waals surface area (Å²) in [6.07, 6.45) is 9.17. The Morgan fingerprint density at radius 3 is 2.73 bits per heavy atom. The number of likely N-dealkylation sites (N-methyl/N-ethyl adjacent to an activating group) is 1. The van der Waals surface area contributed by atoms with Crippen molar-refractivity contribution >= 4 is 11.8 Å². The maximum atomic E-state index is 3.37. The van der Waals surface area contributed by atoms with Gasteiger partial charge in [-0.15, -0.1) is 0 Å². The van der Waals surface area contributed by atoms with Crippen LogP contribution in [0, 0.1) is 0 Å². The van der Waals surface area contributed by atoms with E-state index in [-0.39, 0.29) is 0 Å². The molecule has 0 saturated carbocycles. The van der Waals surface area contributed by atoms with Gasteiger partial charge >= 0.3 is 0 Å². The fraction of sp³-hybridized carbons (Fsp3) is 1.00. The van der Waals surface area contributed by atoms with Crippen molar-refractivity contribution in [3.63, 3.8) is 0 Å². The van der Waals surface area contributed by atoms with Gasteiger partial charge in [-0.1, -0.05) is 12.8 Å². The fourth-order valence-electron chi connectivity index (χ4n) is 2.21. The van der Waals surface area contributed by atoms with Gasteiger partial charge in [0.2, 0.25) is 0 Å². The number of likely N-dealkylation sites (tertiary alicyclic amines) is 1. The molecule has 1 unspecified atom stereocenters. The van der Waals surface area contributed by atoms with Crippen molar-refractivity contribution in [3.8, 4) is 0 Å². The summed E-state index contributed by atoms with van der Waals surface area (Å²) in [5, 5.41) is 3.37. The number of hydrogen-bond acceptors (Lipinski definition) is 3. The molecule has 0 aromatic carbocycles. The van der Waals surface area contributed by atoms with Gasteiger partial charge in [-0.05, 0) is 51.4 Å². The second-order valence-electron chi connectivity index (χ2n) is 4.48. The van der Waals surface area contributed by atoms with Gasteiger partial charge in [0.05, 0.1) is 0 Å². The minimum absolute atomic E-state index is 0.751. The molecule has 0 bridgehead atoms. The second-order valence-corrected chi connectivity index (χ2v) is 5.47. The molecular formula is C12H26N2S. The van der Waals surface area contributed by atoms with Gasteiger partial charge < -0.3 is 10.2 Å². The van der Waals surface area contributed by atoms with Gasteiger partial charge in [0.15, 0.2) is 0 Å². The molecule has 1 fully saturated rings. The van der Waals surface area contributed by atoms with Crippen molar-refractivity contribution < 1.29 is 0 Å². The van der Waals surface area contributed by atoms with E-state index >= 15 is 0 Å². The zero-order valence-electron chi connectivity index (χ0n) is 10.3. The molecule has 1 heterocycles. The van der Waals surface area contributed by atoms with Gasteiger partial charge in [-0.3, -0.25) is 0 Å². The van der Waals surface area contributed by atoms with Crippen molar-refractivity contribution in [1.29, 1.82) is 0 Å². The summed E-state index contributed by atoms with van der Waals surface area (Å²) in [5.41, 5.74) is 0. The third-order valence-electron chi connectivity index (χ3n) is 3.25. The van der Waals surface area contributed by atoms with E-state index in [2.05, 4.69) is 23.5 Å². The first-order valence-corrected chi connectivity index (χ1v) is 7.64. The summed E-state index contributed by atoms with van der Waals surface area (Å²) in [5.74, 6) is 1.34. The zero-order chi connectivity index (χ0) is 10.9. The van der Waals surface area contributed by atoms with E-state index < -0.39 is 0 Å². The number of nitrogens with one attached hydrogen (secondary N) is 1. The molecule has 0 amide bonds. The molecule has 90 valence electrons. The van der Waals surface area contributed by atoms with Crippen LogP contribution in [-0.4, -0.2) is 49.6 Å². The summed E-state index contributed by atoms with van der Waals surface area (Å²) < 4.78 is 0. The normalized spacial score (nSPS) is 22.4. The van der Waals surface area contributed by atoms with E-state index in [1.807, 2.05) is 11.8 Å². The number of thioether (sulfide) groups is 1. The Hall–Kier alpha value is 0.270. The molecule has 1 N–H and O–H groups in total. The van der Waals surface area contributed by atoms with Crippen LogP contribution in [0.15, 0.2) is 0 Å². The van der Waals surface area contributed by atoms with E-state index in [1.165, 1.54) is 57.5 Å². The number of rotatable bonds is 8. The molecule has 0 aliphatic carbocycles. The molecule has 0 spiro atoms. The maximum absolute atomic E-state index is 3.37. The Morgan fingerprint density at radius 2 is 2.07 bits per heavy atom. The fourth-order valence-corrected chi connectivity index (χ4v) is 2.70. The van der Waals surface area contributed by atoms with Crippen LogP contribution in [-0.2, 0) is 0 Å². The highest BCUT2D eigenvalue weighted by molar-refractivity contribution is 7.98. The van der Waals surface area contributed by atoms with Crippen molar-refractivity contribution in [2.45, 2.75) is 38.1 Å². The van der Waals surface area contributed by atoms with Crippen molar-refractivity contribution in [2.24, 2.45) is 0 Å². The van der Waals surface area contributed by atoms with Gasteiger partial charge in [-0.2, -0.15) is 11.8 Å². The molecule has 1 atom stereocenters. The Bertz CT molecular complexity index is 153. The Kier molecular flexibility index (Phi) is 7.49. The predicted octanol–water partition coefficient (Wildman–Crippen LogP) is 2.20. The molecule has 1 rings (SSSR count). The zero-order valence-corrected chi connectivity index (χ0v) is 11.1. The SMILES string of the molecule is CNC1CCN(CCCCCCSC)C1. The Labute approximate surface area is 99.2 Å². The highest BCUT2D eigenvalue weighted by Gasteiger charge is 2.19. The third-order valence-corrected chi connectivity index (χ3v) is 3.95. The predicted molar refractivity (Wildman–Crippen MR) is 70.8 cm³/mol. The smallest absolute Gasteiger partial charge is 0.0204 e. The van der Waals surface area contributed by atoms with E-state index in [9.17, 15) is 0 Å². The monoisotopic (exact) mass is 230 g/mol. The first-order chi connectivity index (χ1) is 7.36. The summed E-state index contributed by atoms with van der Waals surface area (Å²) in [4.78, 5) is 2.61. The van der Waals surface area contributed by atoms with Crippen LogP contribution in [0.25, 0.3) is 0 Å². The van der Waals surface area contributed by atoms with Gasteiger partial charge in [0, 0.05) is 12.6 Å². The highest BCUT2D eigenvalue weighted by atomic mass is 32.2. The molecule has 0 radical (unpaired) electrons. The summed E-state index contributed by atoms with van der Waals surface area (Å²) in [7, 11) is 2.08. The van der Waals surface area contributed by atoms with Crippen LogP contribution in [0.2, 0.25) is 0 Å². The molecule has 2 nitrogen and oxygen atoms in total. The van der Waals surface area contributed by atoms with Crippen molar-refractivity contribution in [2.75, 3.05) is 38.7 Å². The first kappa shape index (κ1) is 13.3. The summed E-state index contributed by atoms with van der Waals surface area (Å²) in [6, 6.07) is 0.751. The third kappa shape index (κ3) is 5.79. The standard InChI is InChI=1S/C12H26N2S/c1-13-12-7-9-14(11-12)8-5-3-4-6-10-15-2/h12-13H,3-11H2,1-2H3. The Balaban J connectivity index is 1.88. The molecular weight excluding hydrogens is 204 g/mol. The lowest BCUT2D eigenvalue weighted by molar-refractivity contribution is 0.320. The highest BCUT2D eigenvalue weighted by Crippen LogP contribution is 2.11. The number of nitrogens with zero attached hydrogens (tertiary/aromatic N) is 1. The van der Waals surface area contributed by atoms with Crippen molar-refractivity contribution in [3.05, 3.63) is 0 Å².